The monoisotopic (exact) mass is 231 g/mol. The summed E-state index contributed by atoms with van der Waals surface area (Å²) in [6, 6.07) is 3.38. The number of hydrogen-bond acceptors (Lipinski definition) is 3. The highest BCUT2D eigenvalue weighted by Gasteiger charge is 2.43. The molecule has 0 saturated heterocycles. The van der Waals surface area contributed by atoms with Crippen LogP contribution in [0.15, 0.2) is 12.1 Å². The highest BCUT2D eigenvalue weighted by molar-refractivity contribution is 7.18. The molecule has 1 aliphatic rings. The molecule has 1 aliphatic carbocycles. The number of thiophene rings is 1. The van der Waals surface area contributed by atoms with Gasteiger partial charge in [-0.25, -0.2) is 0 Å². The quantitative estimate of drug-likeness (QED) is 0.831. The Hall–Kier alpha value is -0.580. The third-order valence-corrected chi connectivity index (χ3v) is 3.56. The fraction of sp³-hybridized carbons (Fsp3) is 0.444. The maximum Gasteiger partial charge on any atom is 0.261 e. The van der Waals surface area contributed by atoms with E-state index in [4.69, 9.17) is 16.7 Å². The Morgan fingerprint density at radius 1 is 1.64 bits per heavy atom. The lowest BCUT2D eigenvalue weighted by molar-refractivity contribution is 0.0911. The van der Waals surface area contributed by atoms with Gasteiger partial charge >= 0.3 is 0 Å². The Morgan fingerprint density at radius 3 is 2.79 bits per heavy atom. The van der Waals surface area contributed by atoms with Crippen molar-refractivity contribution in [2.45, 2.75) is 18.4 Å². The molecule has 14 heavy (non-hydrogen) atoms. The minimum atomic E-state index is -0.354. The molecule has 0 unspecified atom stereocenters. The Kier molecular flexibility index (Phi) is 2.51. The van der Waals surface area contributed by atoms with E-state index in [-0.39, 0.29) is 18.1 Å². The molecule has 1 heterocycles. The number of halogens is 1. The average Bonchev–Trinajstić information content (AvgIpc) is 2.80. The van der Waals surface area contributed by atoms with Gasteiger partial charge in [0.05, 0.1) is 21.4 Å². The SMILES string of the molecule is O=C(NC1(CO)CC1)c1ccc(Cl)s1. The molecule has 2 rings (SSSR count). The molecule has 3 nitrogen and oxygen atoms in total. The van der Waals surface area contributed by atoms with Crippen LogP contribution in [-0.2, 0) is 0 Å². The second-order valence-electron chi connectivity index (χ2n) is 3.50. The molecular formula is C9H10ClNO2S. The molecule has 0 bridgehead atoms. The molecule has 1 amide bonds. The van der Waals surface area contributed by atoms with Gasteiger partial charge in [-0.05, 0) is 25.0 Å². The summed E-state index contributed by atoms with van der Waals surface area (Å²) in [5.41, 5.74) is -0.354. The van der Waals surface area contributed by atoms with Gasteiger partial charge in [0.15, 0.2) is 0 Å². The summed E-state index contributed by atoms with van der Waals surface area (Å²) >= 11 is 6.96. The summed E-state index contributed by atoms with van der Waals surface area (Å²) in [6.45, 7) is 0.0118. The topological polar surface area (TPSA) is 49.3 Å². The average molecular weight is 232 g/mol. The van der Waals surface area contributed by atoms with Crippen molar-refractivity contribution in [2.24, 2.45) is 0 Å². The maximum atomic E-state index is 11.6. The lowest BCUT2D eigenvalue weighted by Crippen LogP contribution is -2.39. The van der Waals surface area contributed by atoms with Crippen LogP contribution in [0.1, 0.15) is 22.5 Å². The Balaban J connectivity index is 2.03. The van der Waals surface area contributed by atoms with Gasteiger partial charge in [-0.1, -0.05) is 11.6 Å². The number of amides is 1. The molecular weight excluding hydrogens is 222 g/mol. The van der Waals surface area contributed by atoms with Crippen LogP contribution in [0.3, 0.4) is 0 Å². The second kappa shape index (κ2) is 3.53. The van der Waals surface area contributed by atoms with E-state index in [0.29, 0.717) is 9.21 Å². The van der Waals surface area contributed by atoms with Gasteiger partial charge in [0.2, 0.25) is 0 Å². The number of carbonyl (C=O) groups is 1. The molecule has 1 aromatic rings. The van der Waals surface area contributed by atoms with Crippen molar-refractivity contribution in [3.8, 4) is 0 Å². The van der Waals surface area contributed by atoms with Crippen LogP contribution in [-0.4, -0.2) is 23.2 Å². The largest absolute Gasteiger partial charge is 0.394 e. The van der Waals surface area contributed by atoms with Crippen LogP contribution in [0.25, 0.3) is 0 Å². The molecule has 0 aromatic carbocycles. The van der Waals surface area contributed by atoms with Crippen molar-refractivity contribution in [3.05, 3.63) is 21.3 Å². The molecule has 0 atom stereocenters. The number of aliphatic hydroxyl groups excluding tert-OH is 1. The summed E-state index contributed by atoms with van der Waals surface area (Å²) in [6.07, 6.45) is 1.71. The van der Waals surface area contributed by atoms with E-state index >= 15 is 0 Å². The summed E-state index contributed by atoms with van der Waals surface area (Å²) in [5.74, 6) is -0.145. The van der Waals surface area contributed by atoms with Gasteiger partial charge in [-0.3, -0.25) is 4.79 Å². The lowest BCUT2D eigenvalue weighted by Gasteiger charge is -2.12. The van der Waals surface area contributed by atoms with Crippen LogP contribution in [0.2, 0.25) is 4.34 Å². The maximum absolute atomic E-state index is 11.6. The van der Waals surface area contributed by atoms with Crippen molar-refractivity contribution < 1.29 is 9.90 Å². The lowest BCUT2D eigenvalue weighted by atomic mass is 10.3. The van der Waals surface area contributed by atoms with E-state index in [1.165, 1.54) is 11.3 Å². The highest BCUT2D eigenvalue weighted by Crippen LogP contribution is 2.35. The molecule has 76 valence electrons. The van der Waals surface area contributed by atoms with Crippen LogP contribution in [0.4, 0.5) is 0 Å². The fourth-order valence-corrected chi connectivity index (χ4v) is 2.15. The molecule has 1 saturated carbocycles. The standard InChI is InChI=1S/C9H10ClNO2S/c10-7-2-1-6(14-7)8(13)11-9(5-12)3-4-9/h1-2,12H,3-5H2,(H,11,13). The van der Waals surface area contributed by atoms with E-state index in [9.17, 15) is 4.79 Å². The fourth-order valence-electron chi connectivity index (χ4n) is 1.21. The Labute approximate surface area is 90.7 Å². The zero-order valence-corrected chi connectivity index (χ0v) is 8.99. The van der Waals surface area contributed by atoms with Gasteiger partial charge in [-0.15, -0.1) is 11.3 Å². The van der Waals surface area contributed by atoms with Crippen molar-refractivity contribution in [3.63, 3.8) is 0 Å². The van der Waals surface area contributed by atoms with Crippen LogP contribution in [0, 0.1) is 0 Å². The summed E-state index contributed by atoms with van der Waals surface area (Å²) < 4.78 is 0.601. The Morgan fingerprint density at radius 2 is 2.36 bits per heavy atom. The number of hydrogen-bond donors (Lipinski definition) is 2. The predicted molar refractivity (Wildman–Crippen MR) is 55.8 cm³/mol. The summed E-state index contributed by atoms with van der Waals surface area (Å²) in [7, 11) is 0. The molecule has 1 aromatic heterocycles. The predicted octanol–water partition coefficient (Wildman–Crippen LogP) is 1.66. The van der Waals surface area contributed by atoms with Gasteiger partial charge in [-0.2, -0.15) is 0 Å². The van der Waals surface area contributed by atoms with Crippen molar-refractivity contribution >= 4 is 28.8 Å². The van der Waals surface area contributed by atoms with E-state index in [1.807, 2.05) is 0 Å². The van der Waals surface area contributed by atoms with E-state index in [2.05, 4.69) is 5.32 Å². The first kappa shape index (κ1) is 9.96. The summed E-state index contributed by atoms with van der Waals surface area (Å²) in [4.78, 5) is 12.2. The van der Waals surface area contributed by atoms with Crippen molar-refractivity contribution in [2.75, 3.05) is 6.61 Å². The normalized spacial score (nSPS) is 17.9. The molecule has 0 spiro atoms. The molecule has 5 heteroatoms. The van der Waals surface area contributed by atoms with Crippen LogP contribution < -0.4 is 5.32 Å². The first-order chi connectivity index (χ1) is 6.65. The van der Waals surface area contributed by atoms with Crippen molar-refractivity contribution in [1.82, 2.24) is 5.32 Å². The number of aliphatic hydroxyl groups is 1. The van der Waals surface area contributed by atoms with E-state index < -0.39 is 0 Å². The van der Waals surface area contributed by atoms with Crippen LogP contribution >= 0.6 is 22.9 Å². The van der Waals surface area contributed by atoms with Gasteiger partial charge in [0.1, 0.15) is 0 Å². The number of rotatable bonds is 3. The first-order valence-electron chi connectivity index (χ1n) is 4.34. The van der Waals surface area contributed by atoms with Gasteiger partial charge in [0, 0.05) is 0 Å². The zero-order chi connectivity index (χ0) is 10.2. The van der Waals surface area contributed by atoms with Crippen LogP contribution in [0.5, 0.6) is 0 Å². The number of nitrogens with one attached hydrogen (secondary N) is 1. The zero-order valence-electron chi connectivity index (χ0n) is 7.42. The summed E-state index contributed by atoms with van der Waals surface area (Å²) in [5, 5.41) is 11.8. The highest BCUT2D eigenvalue weighted by atomic mass is 35.5. The minimum absolute atomic E-state index is 0.0118. The van der Waals surface area contributed by atoms with E-state index in [0.717, 1.165) is 12.8 Å². The minimum Gasteiger partial charge on any atom is -0.394 e. The molecule has 0 aliphatic heterocycles. The third-order valence-electron chi connectivity index (χ3n) is 2.33. The van der Waals surface area contributed by atoms with Gasteiger partial charge in [0.25, 0.3) is 5.91 Å². The first-order valence-corrected chi connectivity index (χ1v) is 5.53. The van der Waals surface area contributed by atoms with E-state index in [1.54, 1.807) is 12.1 Å². The molecule has 2 N–H and O–H groups in total. The second-order valence-corrected chi connectivity index (χ2v) is 5.21. The molecule has 1 fully saturated rings. The number of carbonyl (C=O) groups excluding carboxylic acids is 1. The Bertz CT molecular complexity index is 359. The smallest absolute Gasteiger partial charge is 0.261 e. The van der Waals surface area contributed by atoms with Crippen molar-refractivity contribution in [1.29, 1.82) is 0 Å². The third kappa shape index (κ3) is 1.92. The van der Waals surface area contributed by atoms with Gasteiger partial charge < -0.3 is 10.4 Å². The molecule has 0 radical (unpaired) electrons.